The third kappa shape index (κ3) is 6.05. The van der Waals surface area contributed by atoms with Gasteiger partial charge < -0.3 is 16.2 Å². The Morgan fingerprint density at radius 1 is 1.37 bits per heavy atom. The molecule has 0 aliphatic heterocycles. The summed E-state index contributed by atoms with van der Waals surface area (Å²) in [6, 6.07) is 0.127. The van der Waals surface area contributed by atoms with Gasteiger partial charge in [-0.3, -0.25) is 9.59 Å². The van der Waals surface area contributed by atoms with Gasteiger partial charge in [0.25, 0.3) is 0 Å². The number of hydrogen-bond acceptors (Lipinski definition) is 3. The topological polar surface area (TPSA) is 92.4 Å². The minimum atomic E-state index is -0.726. The second-order valence-electron chi connectivity index (χ2n) is 5.66. The van der Waals surface area contributed by atoms with Crippen molar-refractivity contribution in [2.75, 3.05) is 6.54 Å². The summed E-state index contributed by atoms with van der Waals surface area (Å²) < 4.78 is 0. The van der Waals surface area contributed by atoms with Crippen LogP contribution in [0.25, 0.3) is 0 Å². The Labute approximate surface area is 114 Å². The molecule has 110 valence electrons. The van der Waals surface area contributed by atoms with Gasteiger partial charge in [-0.15, -0.1) is 0 Å². The molecular weight excluding hydrogens is 244 g/mol. The largest absolute Gasteiger partial charge is 0.481 e. The van der Waals surface area contributed by atoms with Crippen molar-refractivity contribution in [2.24, 2.45) is 17.6 Å². The van der Waals surface area contributed by atoms with E-state index in [4.69, 9.17) is 10.8 Å². The Kier molecular flexibility index (Phi) is 6.84. The lowest BCUT2D eigenvalue weighted by Crippen LogP contribution is -2.37. The number of carboxylic acid groups (broad SMARTS) is 1. The number of nitrogens with two attached hydrogens (primary N) is 1. The lowest BCUT2D eigenvalue weighted by Gasteiger charge is -2.28. The van der Waals surface area contributed by atoms with Crippen LogP contribution in [0, 0.1) is 11.8 Å². The van der Waals surface area contributed by atoms with E-state index in [1.165, 1.54) is 0 Å². The molecule has 0 aromatic carbocycles. The van der Waals surface area contributed by atoms with E-state index >= 15 is 0 Å². The normalized spacial score (nSPS) is 24.7. The highest BCUT2D eigenvalue weighted by Crippen LogP contribution is 2.29. The van der Waals surface area contributed by atoms with Crippen LogP contribution < -0.4 is 11.1 Å². The van der Waals surface area contributed by atoms with Gasteiger partial charge in [-0.25, -0.2) is 0 Å². The highest BCUT2D eigenvalue weighted by atomic mass is 16.4. The van der Waals surface area contributed by atoms with Gasteiger partial charge in [0.2, 0.25) is 5.91 Å². The molecule has 3 atom stereocenters. The van der Waals surface area contributed by atoms with Crippen LogP contribution in [0.3, 0.4) is 0 Å². The molecule has 1 saturated carbocycles. The highest BCUT2D eigenvalue weighted by Gasteiger charge is 2.30. The molecule has 4 N–H and O–H groups in total. The predicted molar refractivity (Wildman–Crippen MR) is 73.6 cm³/mol. The third-order valence-electron chi connectivity index (χ3n) is 3.85. The molecule has 1 amide bonds. The first-order chi connectivity index (χ1) is 9.00. The summed E-state index contributed by atoms with van der Waals surface area (Å²) in [7, 11) is 0. The van der Waals surface area contributed by atoms with Crippen molar-refractivity contribution in [1.29, 1.82) is 0 Å². The summed E-state index contributed by atoms with van der Waals surface area (Å²) in [5.41, 5.74) is 5.62. The van der Waals surface area contributed by atoms with Gasteiger partial charge in [0.1, 0.15) is 0 Å². The number of amides is 1. The molecule has 5 nitrogen and oxygen atoms in total. The smallest absolute Gasteiger partial charge is 0.306 e. The molecule has 1 fully saturated rings. The Morgan fingerprint density at radius 2 is 2.05 bits per heavy atom. The number of aliphatic carboxylic acids is 1. The zero-order valence-electron chi connectivity index (χ0n) is 11.7. The van der Waals surface area contributed by atoms with E-state index in [1.54, 1.807) is 0 Å². The summed E-state index contributed by atoms with van der Waals surface area (Å²) >= 11 is 0. The molecule has 0 bridgehead atoms. The quantitative estimate of drug-likeness (QED) is 0.654. The van der Waals surface area contributed by atoms with Gasteiger partial charge in [0.15, 0.2) is 0 Å². The molecule has 0 heterocycles. The van der Waals surface area contributed by atoms with Crippen molar-refractivity contribution < 1.29 is 14.7 Å². The number of carbonyl (C=O) groups excluding carboxylic acids is 1. The van der Waals surface area contributed by atoms with Crippen LogP contribution in [-0.4, -0.2) is 29.6 Å². The van der Waals surface area contributed by atoms with Gasteiger partial charge >= 0.3 is 5.97 Å². The van der Waals surface area contributed by atoms with Crippen molar-refractivity contribution in [3.63, 3.8) is 0 Å². The first-order valence-corrected chi connectivity index (χ1v) is 7.25. The summed E-state index contributed by atoms with van der Waals surface area (Å²) in [6.07, 6.45) is 5.79. The summed E-state index contributed by atoms with van der Waals surface area (Å²) in [4.78, 5) is 22.8. The number of carbonyl (C=O) groups is 2. The van der Waals surface area contributed by atoms with Crippen LogP contribution in [0.15, 0.2) is 0 Å². The molecule has 19 heavy (non-hydrogen) atoms. The minimum absolute atomic E-state index is 0.00959. The van der Waals surface area contributed by atoms with E-state index in [-0.39, 0.29) is 23.8 Å². The number of rotatable bonds is 7. The maximum Gasteiger partial charge on any atom is 0.306 e. The van der Waals surface area contributed by atoms with Crippen LogP contribution in [0.4, 0.5) is 0 Å². The van der Waals surface area contributed by atoms with E-state index in [2.05, 4.69) is 5.32 Å². The van der Waals surface area contributed by atoms with Gasteiger partial charge in [0, 0.05) is 19.0 Å². The fraction of sp³-hybridized carbons (Fsp3) is 0.857. The number of carboxylic acids is 1. The number of nitrogens with one attached hydrogen (secondary N) is 1. The molecule has 0 aromatic rings. The van der Waals surface area contributed by atoms with Crippen LogP contribution in [0.1, 0.15) is 51.9 Å². The Balaban J connectivity index is 2.26. The SMILES string of the molecule is CC(N)CCCC(=O)NCC1CCCCC1C(=O)O. The Hall–Kier alpha value is -1.10. The van der Waals surface area contributed by atoms with Gasteiger partial charge in [0.05, 0.1) is 5.92 Å². The van der Waals surface area contributed by atoms with Crippen LogP contribution >= 0.6 is 0 Å². The fourth-order valence-electron chi connectivity index (χ4n) is 2.70. The van der Waals surface area contributed by atoms with Gasteiger partial charge in [-0.1, -0.05) is 12.8 Å². The lowest BCUT2D eigenvalue weighted by atomic mass is 9.79. The van der Waals surface area contributed by atoms with Gasteiger partial charge in [-0.05, 0) is 38.5 Å². The Morgan fingerprint density at radius 3 is 2.68 bits per heavy atom. The summed E-state index contributed by atoms with van der Waals surface area (Å²) in [6.45, 7) is 2.42. The summed E-state index contributed by atoms with van der Waals surface area (Å²) in [5, 5.41) is 12.0. The third-order valence-corrected chi connectivity index (χ3v) is 3.85. The zero-order valence-corrected chi connectivity index (χ0v) is 11.7. The molecule has 0 radical (unpaired) electrons. The molecule has 0 aromatic heterocycles. The average molecular weight is 270 g/mol. The van der Waals surface area contributed by atoms with Crippen molar-refractivity contribution in [3.8, 4) is 0 Å². The van der Waals surface area contributed by atoms with E-state index in [1.807, 2.05) is 6.92 Å². The van der Waals surface area contributed by atoms with Crippen molar-refractivity contribution in [2.45, 2.75) is 57.9 Å². The van der Waals surface area contributed by atoms with Crippen LogP contribution in [0.2, 0.25) is 0 Å². The molecular formula is C14H26N2O3. The second kappa shape index (κ2) is 8.15. The predicted octanol–water partition coefficient (Wildman–Crippen LogP) is 1.51. The van der Waals surface area contributed by atoms with E-state index in [0.717, 1.165) is 38.5 Å². The minimum Gasteiger partial charge on any atom is -0.481 e. The molecule has 1 aliphatic rings. The van der Waals surface area contributed by atoms with Crippen molar-refractivity contribution in [1.82, 2.24) is 5.32 Å². The first-order valence-electron chi connectivity index (χ1n) is 7.25. The standard InChI is InChI=1S/C14H26N2O3/c1-10(15)5-4-8-13(17)16-9-11-6-2-3-7-12(11)14(18)19/h10-12H,2-9,15H2,1H3,(H,16,17)(H,18,19). The Bertz CT molecular complexity index is 305. The van der Waals surface area contributed by atoms with E-state index < -0.39 is 5.97 Å². The number of hydrogen-bond donors (Lipinski definition) is 3. The lowest BCUT2D eigenvalue weighted by molar-refractivity contribution is -0.145. The molecule has 3 unspecified atom stereocenters. The average Bonchev–Trinajstić information content (AvgIpc) is 2.36. The fourth-order valence-corrected chi connectivity index (χ4v) is 2.70. The molecule has 1 aliphatic carbocycles. The maximum absolute atomic E-state index is 11.6. The van der Waals surface area contributed by atoms with Crippen molar-refractivity contribution in [3.05, 3.63) is 0 Å². The molecule has 5 heteroatoms. The molecule has 0 saturated heterocycles. The van der Waals surface area contributed by atoms with E-state index in [0.29, 0.717) is 13.0 Å². The monoisotopic (exact) mass is 270 g/mol. The van der Waals surface area contributed by atoms with Crippen LogP contribution in [0.5, 0.6) is 0 Å². The molecule has 1 rings (SSSR count). The van der Waals surface area contributed by atoms with Gasteiger partial charge in [-0.2, -0.15) is 0 Å². The maximum atomic E-state index is 11.6. The highest BCUT2D eigenvalue weighted by molar-refractivity contribution is 5.76. The molecule has 0 spiro atoms. The van der Waals surface area contributed by atoms with E-state index in [9.17, 15) is 9.59 Å². The second-order valence-corrected chi connectivity index (χ2v) is 5.66. The van der Waals surface area contributed by atoms with Crippen LogP contribution in [-0.2, 0) is 9.59 Å². The van der Waals surface area contributed by atoms with Crippen molar-refractivity contribution >= 4 is 11.9 Å². The zero-order chi connectivity index (χ0) is 14.3. The summed E-state index contributed by atoms with van der Waals surface area (Å²) in [5.74, 6) is -0.923. The first kappa shape index (κ1) is 16.0.